The number of hydrogen-bond acceptors (Lipinski definition) is 3. The highest BCUT2D eigenvalue weighted by atomic mass is 16.5. The molecule has 0 aliphatic carbocycles. The predicted octanol–water partition coefficient (Wildman–Crippen LogP) is 0.999. The van der Waals surface area contributed by atoms with Crippen LogP contribution >= 0.6 is 0 Å². The van der Waals surface area contributed by atoms with Gasteiger partial charge in [-0.05, 0) is 19.3 Å². The molecule has 4 nitrogen and oxygen atoms in total. The van der Waals surface area contributed by atoms with Crippen LogP contribution in [0.4, 0.5) is 0 Å². The van der Waals surface area contributed by atoms with Gasteiger partial charge in [0.15, 0.2) is 0 Å². The number of hydrogen-bond donors (Lipinski definition) is 1. The van der Waals surface area contributed by atoms with E-state index >= 15 is 0 Å². The number of ether oxygens (including phenoxy) is 1. The maximum Gasteiger partial charge on any atom is 0.242 e. The third-order valence-electron chi connectivity index (χ3n) is 3.66. The van der Waals surface area contributed by atoms with Crippen molar-refractivity contribution in [1.29, 1.82) is 0 Å². The molecule has 1 aliphatic heterocycles. The molecule has 0 aromatic heterocycles. The number of carbonyl (C=O) groups excluding carboxylic acids is 1. The van der Waals surface area contributed by atoms with Crippen molar-refractivity contribution in [3.05, 3.63) is 0 Å². The van der Waals surface area contributed by atoms with Crippen molar-refractivity contribution in [2.75, 3.05) is 26.8 Å². The highest BCUT2D eigenvalue weighted by molar-refractivity contribution is 5.86. The van der Waals surface area contributed by atoms with E-state index in [2.05, 4.69) is 0 Å². The van der Waals surface area contributed by atoms with Crippen LogP contribution in [0.2, 0.25) is 0 Å². The van der Waals surface area contributed by atoms with Crippen molar-refractivity contribution in [3.63, 3.8) is 0 Å². The molecule has 0 radical (unpaired) electrons. The van der Waals surface area contributed by atoms with E-state index in [1.54, 1.807) is 7.11 Å². The Kier molecular flexibility index (Phi) is 4.74. The number of nitrogens with zero attached hydrogens (tertiary/aromatic N) is 1. The second-order valence-electron chi connectivity index (χ2n) is 4.72. The zero-order chi connectivity index (χ0) is 12.2. The second-order valence-corrected chi connectivity index (χ2v) is 4.72. The van der Waals surface area contributed by atoms with Gasteiger partial charge in [-0.25, -0.2) is 0 Å². The largest absolute Gasteiger partial charge is 0.384 e. The molecule has 94 valence electrons. The Labute approximate surface area is 98.1 Å². The van der Waals surface area contributed by atoms with E-state index in [4.69, 9.17) is 10.5 Å². The first kappa shape index (κ1) is 13.5. The van der Waals surface area contributed by atoms with Gasteiger partial charge in [-0.1, -0.05) is 13.8 Å². The van der Waals surface area contributed by atoms with Crippen LogP contribution in [0, 0.1) is 5.92 Å². The fourth-order valence-corrected chi connectivity index (χ4v) is 2.26. The Morgan fingerprint density at radius 1 is 1.50 bits per heavy atom. The zero-order valence-corrected chi connectivity index (χ0v) is 10.7. The van der Waals surface area contributed by atoms with Crippen molar-refractivity contribution in [2.24, 2.45) is 11.7 Å². The number of carbonyl (C=O) groups is 1. The maximum absolute atomic E-state index is 12.2. The summed E-state index contributed by atoms with van der Waals surface area (Å²) in [6.45, 7) is 6.31. The van der Waals surface area contributed by atoms with Crippen LogP contribution in [-0.4, -0.2) is 43.2 Å². The van der Waals surface area contributed by atoms with Crippen molar-refractivity contribution >= 4 is 5.91 Å². The molecule has 1 aliphatic rings. The summed E-state index contributed by atoms with van der Waals surface area (Å²) in [5.41, 5.74) is 5.45. The van der Waals surface area contributed by atoms with E-state index in [0.717, 1.165) is 26.1 Å². The summed E-state index contributed by atoms with van der Waals surface area (Å²) in [7, 11) is 1.70. The summed E-state index contributed by atoms with van der Waals surface area (Å²) in [6.07, 6.45) is 2.44. The standard InChI is InChI=1S/C12H24N2O2/c1-4-12(13,5-2)11(15)14-7-6-10(8-14)9-16-3/h10H,4-9,13H2,1-3H3. The summed E-state index contributed by atoms with van der Waals surface area (Å²) >= 11 is 0. The highest BCUT2D eigenvalue weighted by Crippen LogP contribution is 2.22. The predicted molar refractivity (Wildman–Crippen MR) is 64.1 cm³/mol. The second kappa shape index (κ2) is 5.64. The highest BCUT2D eigenvalue weighted by Gasteiger charge is 2.37. The minimum atomic E-state index is -0.665. The van der Waals surface area contributed by atoms with Gasteiger partial charge in [0.1, 0.15) is 0 Å². The molecule has 1 rings (SSSR count). The topological polar surface area (TPSA) is 55.6 Å². The Morgan fingerprint density at radius 3 is 2.62 bits per heavy atom. The molecule has 1 fully saturated rings. The Balaban J connectivity index is 2.56. The van der Waals surface area contributed by atoms with E-state index < -0.39 is 5.54 Å². The first-order chi connectivity index (χ1) is 7.57. The summed E-state index contributed by atoms with van der Waals surface area (Å²) < 4.78 is 5.12. The van der Waals surface area contributed by atoms with E-state index in [1.807, 2.05) is 18.7 Å². The number of amides is 1. The van der Waals surface area contributed by atoms with Crippen molar-refractivity contribution in [3.8, 4) is 0 Å². The van der Waals surface area contributed by atoms with Gasteiger partial charge < -0.3 is 15.4 Å². The van der Waals surface area contributed by atoms with Crippen molar-refractivity contribution in [1.82, 2.24) is 4.90 Å². The monoisotopic (exact) mass is 228 g/mol. The quantitative estimate of drug-likeness (QED) is 0.763. The first-order valence-corrected chi connectivity index (χ1v) is 6.14. The SMILES string of the molecule is CCC(N)(CC)C(=O)N1CCC(COC)C1. The summed E-state index contributed by atoms with van der Waals surface area (Å²) in [4.78, 5) is 14.1. The molecule has 0 aromatic carbocycles. The molecule has 0 saturated carbocycles. The molecule has 0 bridgehead atoms. The van der Waals surface area contributed by atoms with Gasteiger partial charge >= 0.3 is 0 Å². The Morgan fingerprint density at radius 2 is 2.12 bits per heavy atom. The van der Waals surface area contributed by atoms with Crippen LogP contribution in [0.15, 0.2) is 0 Å². The van der Waals surface area contributed by atoms with E-state index in [-0.39, 0.29) is 5.91 Å². The zero-order valence-electron chi connectivity index (χ0n) is 10.7. The molecule has 2 N–H and O–H groups in total. The van der Waals surface area contributed by atoms with Crippen molar-refractivity contribution in [2.45, 2.75) is 38.6 Å². The first-order valence-electron chi connectivity index (χ1n) is 6.14. The molecule has 1 heterocycles. The number of rotatable bonds is 5. The lowest BCUT2D eigenvalue weighted by Gasteiger charge is -2.30. The van der Waals surface area contributed by atoms with E-state index in [1.165, 1.54) is 0 Å². The molecular weight excluding hydrogens is 204 g/mol. The molecule has 0 aromatic rings. The van der Waals surface area contributed by atoms with Crippen LogP contribution in [0.25, 0.3) is 0 Å². The Bertz CT molecular complexity index is 239. The number of nitrogens with two attached hydrogens (primary N) is 1. The third kappa shape index (κ3) is 2.74. The van der Waals surface area contributed by atoms with Gasteiger partial charge in [-0.3, -0.25) is 4.79 Å². The van der Waals surface area contributed by atoms with E-state index in [0.29, 0.717) is 18.8 Å². The van der Waals surface area contributed by atoms with Crippen LogP contribution in [0.1, 0.15) is 33.1 Å². The van der Waals surface area contributed by atoms with Crippen molar-refractivity contribution < 1.29 is 9.53 Å². The maximum atomic E-state index is 12.2. The van der Waals surface area contributed by atoms with Crippen LogP contribution in [0.3, 0.4) is 0 Å². The lowest BCUT2D eigenvalue weighted by atomic mass is 9.92. The van der Waals surface area contributed by atoms with Gasteiger partial charge in [-0.15, -0.1) is 0 Å². The number of methoxy groups -OCH3 is 1. The lowest BCUT2D eigenvalue weighted by molar-refractivity contribution is -0.136. The van der Waals surface area contributed by atoms with Crippen LogP contribution in [0.5, 0.6) is 0 Å². The molecule has 1 amide bonds. The molecule has 0 spiro atoms. The number of likely N-dealkylation sites (tertiary alicyclic amines) is 1. The average Bonchev–Trinajstić information content (AvgIpc) is 2.76. The smallest absolute Gasteiger partial charge is 0.242 e. The molecule has 1 atom stereocenters. The van der Waals surface area contributed by atoms with Crippen LogP contribution in [-0.2, 0) is 9.53 Å². The molecule has 1 saturated heterocycles. The van der Waals surface area contributed by atoms with Gasteiger partial charge in [0.05, 0.1) is 12.1 Å². The van der Waals surface area contributed by atoms with E-state index in [9.17, 15) is 4.79 Å². The van der Waals surface area contributed by atoms with Gasteiger partial charge in [0.2, 0.25) is 5.91 Å². The average molecular weight is 228 g/mol. The third-order valence-corrected chi connectivity index (χ3v) is 3.66. The van der Waals surface area contributed by atoms with Crippen LogP contribution < -0.4 is 5.73 Å². The lowest BCUT2D eigenvalue weighted by Crippen LogP contribution is -2.54. The molecule has 16 heavy (non-hydrogen) atoms. The Hall–Kier alpha value is -0.610. The van der Waals surface area contributed by atoms with Gasteiger partial charge in [-0.2, -0.15) is 0 Å². The minimum absolute atomic E-state index is 0.108. The van der Waals surface area contributed by atoms with Gasteiger partial charge in [0, 0.05) is 26.1 Å². The summed E-state index contributed by atoms with van der Waals surface area (Å²) in [6, 6.07) is 0. The fraction of sp³-hybridized carbons (Fsp3) is 0.917. The minimum Gasteiger partial charge on any atom is -0.384 e. The molecule has 4 heteroatoms. The normalized spacial score (nSPS) is 21.5. The van der Waals surface area contributed by atoms with Gasteiger partial charge in [0.25, 0.3) is 0 Å². The molecular formula is C12H24N2O2. The fourth-order valence-electron chi connectivity index (χ4n) is 2.26. The summed E-state index contributed by atoms with van der Waals surface area (Å²) in [5.74, 6) is 0.586. The molecule has 1 unspecified atom stereocenters. The summed E-state index contributed by atoms with van der Waals surface area (Å²) in [5, 5.41) is 0.